The number of amides is 2. The number of carbonyl (C=O) groups excluding carboxylic acids is 2. The predicted molar refractivity (Wildman–Crippen MR) is 169 cm³/mol. The van der Waals surface area contributed by atoms with Crippen LogP contribution in [0.15, 0.2) is 66.7 Å². The van der Waals surface area contributed by atoms with Crippen molar-refractivity contribution in [1.82, 2.24) is 19.8 Å². The van der Waals surface area contributed by atoms with E-state index in [0.29, 0.717) is 43.1 Å². The van der Waals surface area contributed by atoms with Crippen molar-refractivity contribution in [2.45, 2.75) is 51.1 Å². The minimum atomic E-state index is -3.37. The Bertz CT molecular complexity index is 1480. The Morgan fingerprint density at radius 2 is 1.81 bits per heavy atom. The zero-order chi connectivity index (χ0) is 30.3. The Balaban J connectivity index is 1.47. The lowest BCUT2D eigenvalue weighted by molar-refractivity contribution is -0.133. The van der Waals surface area contributed by atoms with Crippen molar-refractivity contribution in [3.05, 3.63) is 82.9 Å². The van der Waals surface area contributed by atoms with Crippen LogP contribution in [0.25, 0.3) is 10.8 Å². The third kappa shape index (κ3) is 8.10. The van der Waals surface area contributed by atoms with E-state index in [0.717, 1.165) is 17.2 Å². The number of hydrogen-bond donors (Lipinski definition) is 2. The summed E-state index contributed by atoms with van der Waals surface area (Å²) in [5, 5.41) is 9.02. The monoisotopic (exact) mass is 612 g/mol. The van der Waals surface area contributed by atoms with E-state index in [-0.39, 0.29) is 36.1 Å². The summed E-state index contributed by atoms with van der Waals surface area (Å²) in [6.07, 6.45) is 1.89. The van der Waals surface area contributed by atoms with Crippen LogP contribution < -0.4 is 10.6 Å². The molecule has 226 valence electrons. The van der Waals surface area contributed by atoms with Gasteiger partial charge >= 0.3 is 0 Å². The number of benzene rings is 3. The fourth-order valence-electron chi connectivity index (χ4n) is 5.44. The van der Waals surface area contributed by atoms with Gasteiger partial charge in [-0.05, 0) is 66.8 Å². The summed E-state index contributed by atoms with van der Waals surface area (Å²) in [5.74, 6) is -0.0267. The van der Waals surface area contributed by atoms with E-state index in [9.17, 15) is 18.0 Å². The second-order valence-corrected chi connectivity index (χ2v) is 13.7. The van der Waals surface area contributed by atoms with E-state index in [4.69, 9.17) is 11.6 Å². The van der Waals surface area contributed by atoms with Gasteiger partial charge in [0.2, 0.25) is 15.9 Å². The molecule has 0 radical (unpaired) electrons. The van der Waals surface area contributed by atoms with Gasteiger partial charge in [-0.3, -0.25) is 9.59 Å². The molecule has 0 bridgehead atoms. The van der Waals surface area contributed by atoms with Crippen LogP contribution >= 0.6 is 11.6 Å². The topological polar surface area (TPSA) is 98.8 Å². The van der Waals surface area contributed by atoms with Gasteiger partial charge in [0.15, 0.2) is 0 Å². The third-order valence-electron chi connectivity index (χ3n) is 8.14. The third-order valence-corrected chi connectivity index (χ3v) is 10.2. The standard InChI is InChI=1S/C32H41ClN4O4S/c1-4-23(24-9-7-6-8-10-24)22-37-18-15-29(35-30(32(37)39)16-17-36(3)42(40,41)5-2)21-34-31(38)27-12-11-26-20-28(33)14-13-25(26)19-27/h6-14,19-20,23,29-30,35H,4-5,15-18,21-22H2,1-3H3,(H,34,38)/t23-,29+,30+/m1/s1. The van der Waals surface area contributed by atoms with Gasteiger partial charge in [-0.25, -0.2) is 12.7 Å². The van der Waals surface area contributed by atoms with Crippen LogP contribution in [0.4, 0.5) is 0 Å². The molecule has 4 rings (SSSR count). The average molecular weight is 613 g/mol. The normalized spacial score (nSPS) is 18.7. The van der Waals surface area contributed by atoms with Crippen LogP contribution in [0.3, 0.4) is 0 Å². The number of fused-ring (bicyclic) bond motifs is 1. The first-order valence-electron chi connectivity index (χ1n) is 14.6. The van der Waals surface area contributed by atoms with E-state index in [1.807, 2.05) is 47.4 Å². The summed E-state index contributed by atoms with van der Waals surface area (Å²) < 4.78 is 26.0. The van der Waals surface area contributed by atoms with E-state index in [1.165, 1.54) is 9.87 Å². The highest BCUT2D eigenvalue weighted by atomic mass is 35.5. The quantitative estimate of drug-likeness (QED) is 0.310. The zero-order valence-electron chi connectivity index (χ0n) is 24.6. The highest BCUT2D eigenvalue weighted by Gasteiger charge is 2.33. The van der Waals surface area contributed by atoms with Crippen LogP contribution in [0.2, 0.25) is 5.02 Å². The molecule has 0 aromatic heterocycles. The van der Waals surface area contributed by atoms with Crippen LogP contribution in [0, 0.1) is 0 Å². The van der Waals surface area contributed by atoms with Crippen molar-refractivity contribution in [1.29, 1.82) is 0 Å². The summed E-state index contributed by atoms with van der Waals surface area (Å²) in [6, 6.07) is 20.5. The molecule has 42 heavy (non-hydrogen) atoms. The van der Waals surface area contributed by atoms with Gasteiger partial charge in [0.1, 0.15) is 0 Å². The van der Waals surface area contributed by atoms with Crippen LogP contribution in [0.5, 0.6) is 0 Å². The van der Waals surface area contributed by atoms with Gasteiger partial charge in [-0.2, -0.15) is 0 Å². The summed E-state index contributed by atoms with van der Waals surface area (Å²) in [5.41, 5.74) is 1.74. The van der Waals surface area contributed by atoms with E-state index >= 15 is 0 Å². The Hall–Kier alpha value is -2.98. The number of rotatable bonds is 12. The molecule has 10 heteroatoms. The largest absolute Gasteiger partial charge is 0.350 e. The maximum atomic E-state index is 13.8. The molecule has 1 heterocycles. The Labute approximate surface area is 254 Å². The van der Waals surface area contributed by atoms with E-state index in [2.05, 4.69) is 29.7 Å². The highest BCUT2D eigenvalue weighted by molar-refractivity contribution is 7.89. The van der Waals surface area contributed by atoms with Gasteiger partial charge in [-0.15, -0.1) is 0 Å². The first kappa shape index (κ1) is 31.9. The number of halogens is 1. The smallest absolute Gasteiger partial charge is 0.251 e. The maximum absolute atomic E-state index is 13.8. The van der Waals surface area contributed by atoms with Crippen molar-refractivity contribution in [3.63, 3.8) is 0 Å². The Morgan fingerprint density at radius 1 is 1.10 bits per heavy atom. The number of carbonyl (C=O) groups is 2. The molecule has 1 aliphatic rings. The molecule has 1 fully saturated rings. The fraction of sp³-hybridized carbons (Fsp3) is 0.438. The van der Waals surface area contributed by atoms with Crippen molar-refractivity contribution in [3.8, 4) is 0 Å². The molecule has 0 spiro atoms. The Morgan fingerprint density at radius 3 is 2.52 bits per heavy atom. The lowest BCUT2D eigenvalue weighted by Gasteiger charge is -2.29. The fourth-order valence-corrected chi connectivity index (χ4v) is 6.44. The Kier molecular flexibility index (Phi) is 11.0. The average Bonchev–Trinajstić information content (AvgIpc) is 3.15. The molecule has 3 aromatic rings. The minimum Gasteiger partial charge on any atom is -0.350 e. The van der Waals surface area contributed by atoms with Crippen molar-refractivity contribution in [2.24, 2.45) is 0 Å². The minimum absolute atomic E-state index is 0.00733. The second kappa shape index (κ2) is 14.5. The molecular formula is C32H41ClN4O4S. The molecule has 1 aliphatic heterocycles. The van der Waals surface area contributed by atoms with Gasteiger partial charge in [-0.1, -0.05) is 61.0 Å². The van der Waals surface area contributed by atoms with Gasteiger partial charge < -0.3 is 15.5 Å². The molecule has 8 nitrogen and oxygen atoms in total. The summed E-state index contributed by atoms with van der Waals surface area (Å²) in [6.45, 7) is 5.44. The van der Waals surface area contributed by atoms with Crippen LogP contribution in [-0.4, -0.2) is 80.5 Å². The molecule has 3 aromatic carbocycles. The SMILES string of the molecule is CC[C@H](CN1CC[C@@H](CNC(=O)c2ccc3cc(Cl)ccc3c2)N[C@@H](CCN(C)S(=O)(=O)CC)C1=O)c1ccccc1. The van der Waals surface area contributed by atoms with Gasteiger partial charge in [0, 0.05) is 55.8 Å². The van der Waals surface area contributed by atoms with Crippen molar-refractivity contribution >= 4 is 44.2 Å². The van der Waals surface area contributed by atoms with Crippen LogP contribution in [0.1, 0.15) is 54.9 Å². The first-order chi connectivity index (χ1) is 20.1. The molecule has 0 aliphatic carbocycles. The lowest BCUT2D eigenvalue weighted by atomic mass is 9.95. The number of sulfonamides is 1. The first-order valence-corrected chi connectivity index (χ1v) is 16.6. The molecular weight excluding hydrogens is 572 g/mol. The molecule has 0 unspecified atom stereocenters. The summed E-state index contributed by atoms with van der Waals surface area (Å²) in [7, 11) is -1.81. The summed E-state index contributed by atoms with van der Waals surface area (Å²) in [4.78, 5) is 28.8. The van der Waals surface area contributed by atoms with Gasteiger partial charge in [0.05, 0.1) is 11.8 Å². The number of nitrogens with zero attached hydrogens (tertiary/aromatic N) is 2. The van der Waals surface area contributed by atoms with Gasteiger partial charge in [0.25, 0.3) is 5.91 Å². The number of hydrogen-bond acceptors (Lipinski definition) is 5. The van der Waals surface area contributed by atoms with E-state index in [1.54, 1.807) is 26.1 Å². The maximum Gasteiger partial charge on any atom is 0.251 e. The lowest BCUT2D eigenvalue weighted by Crippen LogP contribution is -2.50. The molecule has 2 amide bonds. The molecule has 1 saturated heterocycles. The van der Waals surface area contributed by atoms with Crippen molar-refractivity contribution < 1.29 is 18.0 Å². The summed E-state index contributed by atoms with van der Waals surface area (Å²) >= 11 is 6.09. The zero-order valence-corrected chi connectivity index (χ0v) is 26.1. The van der Waals surface area contributed by atoms with E-state index < -0.39 is 16.1 Å². The molecule has 3 atom stereocenters. The molecule has 0 saturated carbocycles. The number of nitrogens with one attached hydrogen (secondary N) is 2. The molecule has 2 N–H and O–H groups in total. The van der Waals surface area contributed by atoms with Crippen molar-refractivity contribution in [2.75, 3.05) is 39.0 Å². The van der Waals surface area contributed by atoms with Crippen LogP contribution in [-0.2, 0) is 14.8 Å². The highest BCUT2D eigenvalue weighted by Crippen LogP contribution is 2.23. The predicted octanol–water partition coefficient (Wildman–Crippen LogP) is 4.65. The second-order valence-electron chi connectivity index (χ2n) is 10.9.